The van der Waals surface area contributed by atoms with E-state index in [-0.39, 0.29) is 0 Å². The number of nitrogens with two attached hydrogens (primary N) is 1. The average Bonchev–Trinajstić information content (AvgIpc) is 2.72. The van der Waals surface area contributed by atoms with E-state index in [2.05, 4.69) is 47.9 Å². The number of hydrogen-bond acceptors (Lipinski definition) is 5. The molecule has 0 bridgehead atoms. The highest BCUT2D eigenvalue weighted by atomic mass is 32.1. The van der Waals surface area contributed by atoms with Crippen LogP contribution in [0.3, 0.4) is 0 Å². The SMILES string of the molecule is CCCN(CCN(C)C)c1cc2nc(C)sc2cc1N. The van der Waals surface area contributed by atoms with E-state index in [9.17, 15) is 0 Å². The summed E-state index contributed by atoms with van der Waals surface area (Å²) in [5.41, 5.74) is 9.29. The molecule has 0 aliphatic carbocycles. The molecule has 1 aromatic heterocycles. The van der Waals surface area contributed by atoms with E-state index >= 15 is 0 Å². The smallest absolute Gasteiger partial charge is 0.0907 e. The third-order valence-electron chi connectivity index (χ3n) is 3.30. The lowest BCUT2D eigenvalue weighted by Crippen LogP contribution is -2.32. The topological polar surface area (TPSA) is 45.4 Å². The van der Waals surface area contributed by atoms with Crippen LogP contribution in [0.1, 0.15) is 18.4 Å². The molecule has 2 N–H and O–H groups in total. The summed E-state index contributed by atoms with van der Waals surface area (Å²) in [5, 5.41) is 1.09. The molecule has 110 valence electrons. The lowest BCUT2D eigenvalue weighted by atomic mass is 10.2. The number of thiazole rings is 1. The molecule has 0 saturated carbocycles. The first-order valence-corrected chi connectivity index (χ1v) is 7.89. The molecule has 0 aliphatic heterocycles. The molecule has 0 spiro atoms. The zero-order chi connectivity index (χ0) is 14.7. The number of anilines is 2. The summed E-state index contributed by atoms with van der Waals surface area (Å²) in [6.45, 7) is 7.26. The third-order valence-corrected chi connectivity index (χ3v) is 4.23. The maximum absolute atomic E-state index is 6.26. The second-order valence-electron chi connectivity index (χ2n) is 5.40. The standard InChI is InChI=1S/C15H24N4S/c1-5-6-19(8-7-18(3)4)14-10-13-15(9-12(14)16)20-11(2)17-13/h9-10H,5-8,16H2,1-4H3. The zero-order valence-corrected chi connectivity index (χ0v) is 13.6. The predicted octanol–water partition coefficient (Wildman–Crippen LogP) is 2.96. The van der Waals surface area contributed by atoms with Crippen molar-refractivity contribution >= 4 is 32.9 Å². The Morgan fingerprint density at radius 3 is 2.60 bits per heavy atom. The van der Waals surface area contributed by atoms with Crippen LogP contribution in [-0.4, -0.2) is 43.6 Å². The van der Waals surface area contributed by atoms with Crippen molar-refractivity contribution in [2.24, 2.45) is 0 Å². The highest BCUT2D eigenvalue weighted by Crippen LogP contribution is 2.32. The Balaban J connectivity index is 2.33. The minimum absolute atomic E-state index is 0.855. The van der Waals surface area contributed by atoms with E-state index < -0.39 is 0 Å². The summed E-state index contributed by atoms with van der Waals surface area (Å²) < 4.78 is 1.17. The van der Waals surface area contributed by atoms with E-state index in [4.69, 9.17) is 5.73 Å². The second-order valence-corrected chi connectivity index (χ2v) is 6.64. The maximum Gasteiger partial charge on any atom is 0.0907 e. The van der Waals surface area contributed by atoms with Crippen LogP contribution in [0, 0.1) is 6.92 Å². The van der Waals surface area contributed by atoms with Gasteiger partial charge < -0.3 is 15.5 Å². The van der Waals surface area contributed by atoms with Gasteiger partial charge in [0.2, 0.25) is 0 Å². The van der Waals surface area contributed by atoms with Crippen molar-refractivity contribution in [1.82, 2.24) is 9.88 Å². The Morgan fingerprint density at radius 2 is 1.95 bits per heavy atom. The summed E-state index contributed by atoms with van der Waals surface area (Å²) in [7, 11) is 4.20. The average molecular weight is 292 g/mol. The number of nitrogen functional groups attached to an aromatic ring is 1. The van der Waals surface area contributed by atoms with Gasteiger partial charge in [0.05, 0.1) is 26.6 Å². The van der Waals surface area contributed by atoms with Crippen molar-refractivity contribution in [1.29, 1.82) is 0 Å². The van der Waals surface area contributed by atoms with Crippen molar-refractivity contribution in [2.45, 2.75) is 20.3 Å². The van der Waals surface area contributed by atoms with Crippen molar-refractivity contribution in [3.8, 4) is 0 Å². The molecule has 0 fully saturated rings. The largest absolute Gasteiger partial charge is 0.397 e. The molecule has 2 rings (SSSR count). The number of aromatic nitrogens is 1. The molecule has 5 heteroatoms. The van der Waals surface area contributed by atoms with Crippen LogP contribution in [0.4, 0.5) is 11.4 Å². The summed E-state index contributed by atoms with van der Waals surface area (Å²) in [6, 6.07) is 4.20. The van der Waals surface area contributed by atoms with Crippen LogP contribution < -0.4 is 10.6 Å². The van der Waals surface area contributed by atoms with Gasteiger partial charge in [-0.3, -0.25) is 0 Å². The predicted molar refractivity (Wildman–Crippen MR) is 89.8 cm³/mol. The molecule has 20 heavy (non-hydrogen) atoms. The van der Waals surface area contributed by atoms with Crippen LogP contribution in [0.2, 0.25) is 0 Å². The molecule has 4 nitrogen and oxygen atoms in total. The van der Waals surface area contributed by atoms with Crippen molar-refractivity contribution in [2.75, 3.05) is 44.4 Å². The zero-order valence-electron chi connectivity index (χ0n) is 12.8. The highest BCUT2D eigenvalue weighted by Gasteiger charge is 2.12. The molecular formula is C15H24N4S. The minimum Gasteiger partial charge on any atom is -0.397 e. The van der Waals surface area contributed by atoms with Gasteiger partial charge in [-0.1, -0.05) is 6.92 Å². The Kier molecular flexibility index (Phi) is 4.83. The molecule has 0 aliphatic rings. The molecule has 0 unspecified atom stereocenters. The van der Waals surface area contributed by atoms with Gasteiger partial charge >= 0.3 is 0 Å². The van der Waals surface area contributed by atoms with Crippen molar-refractivity contribution < 1.29 is 0 Å². The Labute approximate surface area is 125 Å². The number of rotatable bonds is 6. The van der Waals surface area contributed by atoms with Crippen LogP contribution in [0.15, 0.2) is 12.1 Å². The molecule has 0 saturated heterocycles. The van der Waals surface area contributed by atoms with E-state index in [0.29, 0.717) is 0 Å². The van der Waals surface area contributed by atoms with E-state index in [1.54, 1.807) is 11.3 Å². The van der Waals surface area contributed by atoms with Crippen molar-refractivity contribution in [3.05, 3.63) is 17.1 Å². The fraction of sp³-hybridized carbons (Fsp3) is 0.533. The normalized spacial score (nSPS) is 11.4. The first-order valence-electron chi connectivity index (χ1n) is 7.07. The fourth-order valence-corrected chi connectivity index (χ4v) is 3.17. The molecule has 1 heterocycles. The van der Waals surface area contributed by atoms with Gasteiger partial charge in [0.15, 0.2) is 0 Å². The lowest BCUT2D eigenvalue weighted by Gasteiger charge is -2.27. The third kappa shape index (κ3) is 3.41. The van der Waals surface area contributed by atoms with E-state index in [1.807, 2.05) is 6.92 Å². The fourth-order valence-electron chi connectivity index (χ4n) is 2.31. The number of aryl methyl sites for hydroxylation is 1. The number of nitrogens with zero attached hydrogens (tertiary/aromatic N) is 3. The number of benzene rings is 1. The summed E-state index contributed by atoms with van der Waals surface area (Å²) in [5.74, 6) is 0. The van der Waals surface area contributed by atoms with Gasteiger partial charge in [-0.25, -0.2) is 4.98 Å². The Hall–Kier alpha value is -1.33. The van der Waals surface area contributed by atoms with Gasteiger partial charge in [-0.05, 0) is 39.6 Å². The summed E-state index contributed by atoms with van der Waals surface area (Å²) in [6.07, 6.45) is 1.11. The van der Waals surface area contributed by atoms with Crippen LogP contribution >= 0.6 is 11.3 Å². The molecule has 2 aromatic rings. The monoisotopic (exact) mass is 292 g/mol. The van der Waals surface area contributed by atoms with Crippen molar-refractivity contribution in [3.63, 3.8) is 0 Å². The molecule has 0 atom stereocenters. The quantitative estimate of drug-likeness (QED) is 0.831. The van der Waals surface area contributed by atoms with Gasteiger partial charge in [0, 0.05) is 19.6 Å². The molecule has 1 aromatic carbocycles. The van der Waals surface area contributed by atoms with Crippen LogP contribution in [-0.2, 0) is 0 Å². The Morgan fingerprint density at radius 1 is 1.20 bits per heavy atom. The van der Waals surface area contributed by atoms with Gasteiger partial charge in [-0.2, -0.15) is 0 Å². The molecule has 0 radical (unpaired) electrons. The Bertz CT molecular complexity index is 577. The van der Waals surface area contributed by atoms with Gasteiger partial charge in [0.25, 0.3) is 0 Å². The van der Waals surface area contributed by atoms with E-state index in [1.165, 1.54) is 4.70 Å². The van der Waals surface area contributed by atoms with Crippen LogP contribution in [0.25, 0.3) is 10.2 Å². The van der Waals surface area contributed by atoms with Gasteiger partial charge in [-0.15, -0.1) is 11.3 Å². The minimum atomic E-state index is 0.855. The van der Waals surface area contributed by atoms with E-state index in [0.717, 1.165) is 48.0 Å². The maximum atomic E-state index is 6.26. The summed E-state index contributed by atoms with van der Waals surface area (Å²) >= 11 is 1.70. The number of hydrogen-bond donors (Lipinski definition) is 1. The number of fused-ring (bicyclic) bond motifs is 1. The lowest BCUT2D eigenvalue weighted by molar-refractivity contribution is 0.413. The second kappa shape index (κ2) is 6.41. The van der Waals surface area contributed by atoms with Crippen LogP contribution in [0.5, 0.6) is 0 Å². The first kappa shape index (κ1) is 15.1. The molecular weight excluding hydrogens is 268 g/mol. The number of likely N-dealkylation sites (N-methyl/N-ethyl adjacent to an activating group) is 1. The first-order chi connectivity index (χ1) is 9.51. The molecule has 0 amide bonds. The highest BCUT2D eigenvalue weighted by molar-refractivity contribution is 7.18. The van der Waals surface area contributed by atoms with Gasteiger partial charge in [0.1, 0.15) is 0 Å². The summed E-state index contributed by atoms with van der Waals surface area (Å²) in [4.78, 5) is 9.14.